The van der Waals surface area contributed by atoms with Crippen molar-refractivity contribution in [3.05, 3.63) is 28.3 Å². The molecule has 0 aliphatic rings. The molecule has 0 aromatic heterocycles. The lowest BCUT2D eigenvalue weighted by Gasteiger charge is -2.22. The summed E-state index contributed by atoms with van der Waals surface area (Å²) in [6.45, 7) is 8.92. The minimum atomic E-state index is 0.0879. The standard InChI is InChI=1S/C13H19ClOS/c1-9-5-11(6-10(2)12(9)14)15-7-13(3,4)8-16/h5-6,16H,7-8H2,1-4H3. The van der Waals surface area contributed by atoms with E-state index >= 15 is 0 Å². The van der Waals surface area contributed by atoms with Crippen LogP contribution >= 0.6 is 24.2 Å². The summed E-state index contributed by atoms with van der Waals surface area (Å²) in [6, 6.07) is 3.95. The van der Waals surface area contributed by atoms with Gasteiger partial charge in [-0.3, -0.25) is 0 Å². The number of benzene rings is 1. The van der Waals surface area contributed by atoms with Crippen LogP contribution in [0.2, 0.25) is 5.02 Å². The first-order valence-electron chi connectivity index (χ1n) is 5.36. The monoisotopic (exact) mass is 258 g/mol. The summed E-state index contributed by atoms with van der Waals surface area (Å²) in [5, 5.41) is 0.820. The van der Waals surface area contributed by atoms with Gasteiger partial charge in [0.25, 0.3) is 0 Å². The zero-order chi connectivity index (χ0) is 12.3. The minimum Gasteiger partial charge on any atom is -0.493 e. The Morgan fingerprint density at radius 2 is 1.75 bits per heavy atom. The number of halogens is 1. The molecule has 0 saturated heterocycles. The van der Waals surface area contributed by atoms with Gasteiger partial charge in [0.1, 0.15) is 5.75 Å². The topological polar surface area (TPSA) is 9.23 Å². The summed E-state index contributed by atoms with van der Waals surface area (Å²) in [5.41, 5.74) is 2.20. The van der Waals surface area contributed by atoms with Crippen molar-refractivity contribution in [2.45, 2.75) is 27.7 Å². The van der Waals surface area contributed by atoms with E-state index in [1.165, 1.54) is 0 Å². The van der Waals surface area contributed by atoms with Crippen LogP contribution in [0.4, 0.5) is 0 Å². The predicted molar refractivity (Wildman–Crippen MR) is 74.1 cm³/mol. The first-order valence-corrected chi connectivity index (χ1v) is 6.37. The Bertz CT molecular complexity index is 351. The number of ether oxygens (including phenoxy) is 1. The highest BCUT2D eigenvalue weighted by molar-refractivity contribution is 7.80. The fraction of sp³-hybridized carbons (Fsp3) is 0.538. The van der Waals surface area contributed by atoms with E-state index in [1.807, 2.05) is 26.0 Å². The molecule has 0 amide bonds. The Labute approximate surface area is 109 Å². The highest BCUT2D eigenvalue weighted by Gasteiger charge is 2.16. The zero-order valence-electron chi connectivity index (χ0n) is 10.3. The number of hydrogen-bond donors (Lipinski definition) is 1. The van der Waals surface area contributed by atoms with Gasteiger partial charge in [0.2, 0.25) is 0 Å². The molecule has 0 radical (unpaired) electrons. The van der Waals surface area contributed by atoms with Crippen molar-refractivity contribution in [1.29, 1.82) is 0 Å². The summed E-state index contributed by atoms with van der Waals surface area (Å²) < 4.78 is 5.77. The Balaban J connectivity index is 2.76. The number of hydrogen-bond acceptors (Lipinski definition) is 2. The average Bonchev–Trinajstić information content (AvgIpc) is 2.23. The molecule has 1 nitrogen and oxygen atoms in total. The fourth-order valence-corrected chi connectivity index (χ4v) is 1.51. The average molecular weight is 259 g/mol. The third-order valence-corrected chi connectivity index (χ3v) is 3.92. The Morgan fingerprint density at radius 1 is 1.25 bits per heavy atom. The van der Waals surface area contributed by atoms with E-state index in [0.29, 0.717) is 6.61 Å². The van der Waals surface area contributed by atoms with E-state index in [9.17, 15) is 0 Å². The molecule has 0 N–H and O–H groups in total. The highest BCUT2D eigenvalue weighted by Crippen LogP contribution is 2.27. The fourth-order valence-electron chi connectivity index (χ4n) is 1.31. The third-order valence-electron chi connectivity index (χ3n) is 2.47. The lowest BCUT2D eigenvalue weighted by Crippen LogP contribution is -2.23. The van der Waals surface area contributed by atoms with Gasteiger partial charge in [-0.25, -0.2) is 0 Å². The first kappa shape index (κ1) is 13.7. The van der Waals surface area contributed by atoms with Crippen molar-refractivity contribution < 1.29 is 4.74 Å². The van der Waals surface area contributed by atoms with Crippen LogP contribution in [-0.2, 0) is 0 Å². The summed E-state index contributed by atoms with van der Waals surface area (Å²) in [5.74, 6) is 1.69. The molecule has 0 unspecified atom stereocenters. The maximum Gasteiger partial charge on any atom is 0.119 e. The summed E-state index contributed by atoms with van der Waals surface area (Å²) in [7, 11) is 0. The van der Waals surface area contributed by atoms with Crippen molar-refractivity contribution in [3.8, 4) is 5.75 Å². The SMILES string of the molecule is Cc1cc(OCC(C)(C)CS)cc(C)c1Cl. The second-order valence-electron chi connectivity index (χ2n) is 4.98. The molecule has 0 spiro atoms. The largest absolute Gasteiger partial charge is 0.493 e. The van der Waals surface area contributed by atoms with Crippen LogP contribution in [0.15, 0.2) is 12.1 Å². The van der Waals surface area contributed by atoms with Crippen molar-refractivity contribution in [1.82, 2.24) is 0 Å². The maximum absolute atomic E-state index is 6.10. The summed E-state index contributed by atoms with van der Waals surface area (Å²) in [6.07, 6.45) is 0. The highest BCUT2D eigenvalue weighted by atomic mass is 35.5. The van der Waals surface area contributed by atoms with Gasteiger partial charge in [-0.1, -0.05) is 25.4 Å². The minimum absolute atomic E-state index is 0.0879. The maximum atomic E-state index is 6.10. The molecule has 0 fully saturated rings. The van der Waals surface area contributed by atoms with Crippen molar-refractivity contribution in [2.75, 3.05) is 12.4 Å². The van der Waals surface area contributed by atoms with Crippen molar-refractivity contribution in [2.24, 2.45) is 5.41 Å². The first-order chi connectivity index (χ1) is 7.35. The van der Waals surface area contributed by atoms with Gasteiger partial charge < -0.3 is 4.74 Å². The molecule has 1 aromatic carbocycles. The molecule has 90 valence electrons. The quantitative estimate of drug-likeness (QED) is 0.793. The van der Waals surface area contributed by atoms with E-state index in [0.717, 1.165) is 27.7 Å². The Kier molecular flexibility index (Phi) is 4.57. The van der Waals surface area contributed by atoms with Crippen LogP contribution in [0.25, 0.3) is 0 Å². The molecular formula is C13H19ClOS. The Morgan fingerprint density at radius 3 is 2.19 bits per heavy atom. The van der Waals surface area contributed by atoms with Crippen LogP contribution in [0.3, 0.4) is 0 Å². The predicted octanol–water partition coefficient (Wildman–Crippen LogP) is 4.29. The molecule has 0 saturated carbocycles. The van der Waals surface area contributed by atoms with Gasteiger partial charge in [0.15, 0.2) is 0 Å². The van der Waals surface area contributed by atoms with Crippen LogP contribution < -0.4 is 4.74 Å². The van der Waals surface area contributed by atoms with E-state index in [4.69, 9.17) is 16.3 Å². The van der Waals surface area contributed by atoms with Gasteiger partial charge in [-0.15, -0.1) is 0 Å². The molecule has 3 heteroatoms. The molecule has 1 aromatic rings. The van der Waals surface area contributed by atoms with Crippen molar-refractivity contribution >= 4 is 24.2 Å². The van der Waals surface area contributed by atoms with E-state index in [-0.39, 0.29) is 5.41 Å². The van der Waals surface area contributed by atoms with Crippen LogP contribution in [0.1, 0.15) is 25.0 Å². The molecule has 0 bridgehead atoms. The smallest absolute Gasteiger partial charge is 0.119 e. The summed E-state index contributed by atoms with van der Waals surface area (Å²) >= 11 is 10.4. The number of thiol groups is 1. The molecule has 1 rings (SSSR count). The van der Waals surface area contributed by atoms with Gasteiger partial charge in [-0.2, -0.15) is 12.6 Å². The lowest BCUT2D eigenvalue weighted by molar-refractivity contribution is 0.202. The molecule has 0 atom stereocenters. The van der Waals surface area contributed by atoms with Gasteiger partial charge in [0, 0.05) is 10.4 Å². The van der Waals surface area contributed by atoms with E-state index in [2.05, 4.69) is 26.5 Å². The van der Waals surface area contributed by atoms with Gasteiger partial charge >= 0.3 is 0 Å². The molecule has 0 aliphatic heterocycles. The molecule has 16 heavy (non-hydrogen) atoms. The normalized spacial score (nSPS) is 11.6. The summed E-state index contributed by atoms with van der Waals surface area (Å²) in [4.78, 5) is 0. The van der Waals surface area contributed by atoms with E-state index in [1.54, 1.807) is 0 Å². The number of rotatable bonds is 4. The zero-order valence-corrected chi connectivity index (χ0v) is 12.0. The molecule has 0 aliphatic carbocycles. The van der Waals surface area contributed by atoms with Crippen LogP contribution in [-0.4, -0.2) is 12.4 Å². The third kappa shape index (κ3) is 3.60. The lowest BCUT2D eigenvalue weighted by atomic mass is 9.98. The van der Waals surface area contributed by atoms with Gasteiger partial charge in [-0.05, 0) is 42.9 Å². The van der Waals surface area contributed by atoms with Crippen molar-refractivity contribution in [3.63, 3.8) is 0 Å². The van der Waals surface area contributed by atoms with E-state index < -0.39 is 0 Å². The van der Waals surface area contributed by atoms with Crippen LogP contribution in [0, 0.1) is 19.3 Å². The second-order valence-corrected chi connectivity index (χ2v) is 5.68. The van der Waals surface area contributed by atoms with Crippen LogP contribution in [0.5, 0.6) is 5.75 Å². The number of aryl methyl sites for hydroxylation is 2. The molecule has 0 heterocycles. The molecular weight excluding hydrogens is 240 g/mol. The Hall–Kier alpha value is -0.340. The van der Waals surface area contributed by atoms with Gasteiger partial charge in [0.05, 0.1) is 6.61 Å². The second kappa shape index (κ2) is 5.33.